The Bertz CT molecular complexity index is 329. The molecular weight excluding hydrogens is 226 g/mol. The Hall–Kier alpha value is -1.06. The van der Waals surface area contributed by atoms with E-state index in [9.17, 15) is 5.11 Å². The number of ether oxygens (including phenoxy) is 1. The number of hydrogen-bond donors (Lipinski definition) is 2. The van der Waals surface area contributed by atoms with Crippen LogP contribution in [0.3, 0.4) is 0 Å². The van der Waals surface area contributed by atoms with Crippen LogP contribution in [0.5, 0.6) is 5.75 Å². The molecule has 0 spiro atoms. The predicted molar refractivity (Wildman–Crippen MR) is 72.8 cm³/mol. The maximum Gasteiger partial charge on any atom is 0.119 e. The van der Waals surface area contributed by atoms with E-state index in [1.807, 2.05) is 30.3 Å². The summed E-state index contributed by atoms with van der Waals surface area (Å²) in [7, 11) is 0. The van der Waals surface area contributed by atoms with Gasteiger partial charge in [-0.1, -0.05) is 24.6 Å². The first-order chi connectivity index (χ1) is 8.86. The van der Waals surface area contributed by atoms with Crippen molar-refractivity contribution >= 4 is 0 Å². The van der Waals surface area contributed by atoms with Gasteiger partial charge in [-0.2, -0.15) is 0 Å². The molecule has 1 fully saturated rings. The lowest BCUT2D eigenvalue weighted by atomic mass is 10.1. The molecule has 2 rings (SSSR count). The summed E-state index contributed by atoms with van der Waals surface area (Å²) in [6.07, 6.45) is 4.22. The highest BCUT2D eigenvalue weighted by atomic mass is 16.5. The minimum Gasteiger partial charge on any atom is -0.494 e. The lowest BCUT2D eigenvalue weighted by Gasteiger charge is -2.15. The molecule has 1 aromatic carbocycles. The van der Waals surface area contributed by atoms with Gasteiger partial charge in [-0.3, -0.25) is 0 Å². The molecule has 0 amide bonds. The van der Waals surface area contributed by atoms with Gasteiger partial charge >= 0.3 is 0 Å². The quantitative estimate of drug-likeness (QED) is 0.728. The molecule has 0 bridgehead atoms. The summed E-state index contributed by atoms with van der Waals surface area (Å²) < 4.78 is 5.61. The second-order valence-corrected chi connectivity index (χ2v) is 4.98. The van der Waals surface area contributed by atoms with Gasteiger partial charge in [0.05, 0.1) is 12.7 Å². The SMILES string of the molecule is OC1CCCC1CNCCCOc1ccccc1. The minimum atomic E-state index is -0.0851. The van der Waals surface area contributed by atoms with Gasteiger partial charge in [-0.15, -0.1) is 0 Å². The molecule has 0 radical (unpaired) electrons. The largest absolute Gasteiger partial charge is 0.494 e. The van der Waals surface area contributed by atoms with Crippen molar-refractivity contribution in [1.82, 2.24) is 5.32 Å². The van der Waals surface area contributed by atoms with Crippen LogP contribution in [0.1, 0.15) is 25.7 Å². The number of hydrogen-bond acceptors (Lipinski definition) is 3. The van der Waals surface area contributed by atoms with Crippen LogP contribution in [-0.2, 0) is 0 Å². The van der Waals surface area contributed by atoms with Crippen LogP contribution in [0.25, 0.3) is 0 Å². The molecule has 2 unspecified atom stereocenters. The Morgan fingerprint density at radius 2 is 2.06 bits per heavy atom. The Labute approximate surface area is 109 Å². The second kappa shape index (κ2) is 7.39. The highest BCUT2D eigenvalue weighted by molar-refractivity contribution is 5.20. The van der Waals surface area contributed by atoms with E-state index in [2.05, 4.69) is 5.32 Å². The molecule has 1 aliphatic rings. The van der Waals surface area contributed by atoms with E-state index >= 15 is 0 Å². The van der Waals surface area contributed by atoms with Gasteiger partial charge in [-0.25, -0.2) is 0 Å². The van der Waals surface area contributed by atoms with Crippen LogP contribution in [0.4, 0.5) is 0 Å². The van der Waals surface area contributed by atoms with E-state index < -0.39 is 0 Å². The van der Waals surface area contributed by atoms with Crippen LogP contribution in [0.15, 0.2) is 30.3 Å². The van der Waals surface area contributed by atoms with Crippen LogP contribution >= 0.6 is 0 Å². The molecule has 0 aromatic heterocycles. The van der Waals surface area contributed by atoms with Gasteiger partial charge in [0.1, 0.15) is 5.75 Å². The van der Waals surface area contributed by atoms with Crippen molar-refractivity contribution in [2.24, 2.45) is 5.92 Å². The van der Waals surface area contributed by atoms with Crippen molar-refractivity contribution in [3.63, 3.8) is 0 Å². The fraction of sp³-hybridized carbons (Fsp3) is 0.600. The lowest BCUT2D eigenvalue weighted by molar-refractivity contribution is 0.131. The van der Waals surface area contributed by atoms with E-state index in [1.165, 1.54) is 6.42 Å². The molecule has 1 saturated carbocycles. The van der Waals surface area contributed by atoms with E-state index in [4.69, 9.17) is 4.74 Å². The monoisotopic (exact) mass is 249 g/mol. The zero-order chi connectivity index (χ0) is 12.6. The average molecular weight is 249 g/mol. The summed E-state index contributed by atoms with van der Waals surface area (Å²) in [4.78, 5) is 0. The predicted octanol–water partition coefficient (Wildman–Crippen LogP) is 2.21. The molecule has 0 aliphatic heterocycles. The van der Waals surface area contributed by atoms with Crippen molar-refractivity contribution < 1.29 is 9.84 Å². The summed E-state index contributed by atoms with van der Waals surface area (Å²) in [6.45, 7) is 2.63. The molecule has 3 nitrogen and oxygen atoms in total. The Balaban J connectivity index is 1.49. The van der Waals surface area contributed by atoms with Gasteiger partial charge < -0.3 is 15.2 Å². The molecule has 2 N–H and O–H groups in total. The highest BCUT2D eigenvalue weighted by Crippen LogP contribution is 2.24. The maximum absolute atomic E-state index is 9.68. The Kier molecular flexibility index (Phi) is 5.49. The van der Waals surface area contributed by atoms with E-state index in [0.29, 0.717) is 5.92 Å². The van der Waals surface area contributed by atoms with Crippen molar-refractivity contribution in [1.29, 1.82) is 0 Å². The first-order valence-corrected chi connectivity index (χ1v) is 6.93. The van der Waals surface area contributed by atoms with Gasteiger partial charge in [-0.05, 0) is 43.9 Å². The van der Waals surface area contributed by atoms with Gasteiger partial charge in [0.25, 0.3) is 0 Å². The molecular formula is C15H23NO2. The molecule has 0 heterocycles. The normalized spacial score (nSPS) is 23.2. The van der Waals surface area contributed by atoms with Gasteiger partial charge in [0.15, 0.2) is 0 Å². The first-order valence-electron chi connectivity index (χ1n) is 6.93. The third-order valence-corrected chi connectivity index (χ3v) is 3.54. The van der Waals surface area contributed by atoms with Crippen molar-refractivity contribution in [2.45, 2.75) is 31.8 Å². The fourth-order valence-corrected chi connectivity index (χ4v) is 2.45. The second-order valence-electron chi connectivity index (χ2n) is 4.98. The average Bonchev–Trinajstić information content (AvgIpc) is 2.81. The number of nitrogens with one attached hydrogen (secondary N) is 1. The number of benzene rings is 1. The molecule has 2 atom stereocenters. The van der Waals surface area contributed by atoms with E-state index in [0.717, 1.165) is 44.7 Å². The number of aliphatic hydroxyl groups is 1. The molecule has 3 heteroatoms. The summed E-state index contributed by atoms with van der Waals surface area (Å²) in [5.74, 6) is 1.39. The fourth-order valence-electron chi connectivity index (χ4n) is 2.45. The maximum atomic E-state index is 9.68. The van der Waals surface area contributed by atoms with Crippen LogP contribution in [0.2, 0.25) is 0 Å². The molecule has 1 aromatic rings. The van der Waals surface area contributed by atoms with Crippen LogP contribution in [-0.4, -0.2) is 30.9 Å². The number of rotatable bonds is 7. The minimum absolute atomic E-state index is 0.0851. The molecule has 1 aliphatic carbocycles. The van der Waals surface area contributed by atoms with Crippen LogP contribution < -0.4 is 10.1 Å². The molecule has 18 heavy (non-hydrogen) atoms. The standard InChI is InChI=1S/C15H23NO2/c17-15-9-4-6-13(15)12-16-10-5-11-18-14-7-2-1-3-8-14/h1-3,7-8,13,15-17H,4-6,9-12H2. The van der Waals surface area contributed by atoms with Crippen molar-refractivity contribution in [3.05, 3.63) is 30.3 Å². The zero-order valence-electron chi connectivity index (χ0n) is 10.8. The third-order valence-electron chi connectivity index (χ3n) is 3.54. The number of para-hydroxylation sites is 1. The Morgan fingerprint density at radius 3 is 2.78 bits per heavy atom. The summed E-state index contributed by atoms with van der Waals surface area (Å²) in [6, 6.07) is 9.90. The Morgan fingerprint density at radius 1 is 1.22 bits per heavy atom. The number of aliphatic hydroxyl groups excluding tert-OH is 1. The van der Waals surface area contributed by atoms with E-state index in [1.54, 1.807) is 0 Å². The summed E-state index contributed by atoms with van der Waals surface area (Å²) in [5.41, 5.74) is 0. The van der Waals surface area contributed by atoms with Crippen LogP contribution in [0, 0.1) is 5.92 Å². The van der Waals surface area contributed by atoms with Crippen molar-refractivity contribution in [3.8, 4) is 5.75 Å². The first kappa shape index (κ1) is 13.4. The van der Waals surface area contributed by atoms with Crippen molar-refractivity contribution in [2.75, 3.05) is 19.7 Å². The zero-order valence-corrected chi connectivity index (χ0v) is 10.8. The lowest BCUT2D eigenvalue weighted by Crippen LogP contribution is -2.29. The smallest absolute Gasteiger partial charge is 0.119 e. The van der Waals surface area contributed by atoms with Gasteiger partial charge in [0.2, 0.25) is 0 Å². The summed E-state index contributed by atoms with van der Waals surface area (Å²) >= 11 is 0. The highest BCUT2D eigenvalue weighted by Gasteiger charge is 2.24. The molecule has 0 saturated heterocycles. The topological polar surface area (TPSA) is 41.5 Å². The third kappa shape index (κ3) is 4.31. The molecule has 100 valence electrons. The summed E-state index contributed by atoms with van der Waals surface area (Å²) in [5, 5.41) is 13.1. The van der Waals surface area contributed by atoms with E-state index in [-0.39, 0.29) is 6.10 Å². The van der Waals surface area contributed by atoms with Gasteiger partial charge in [0, 0.05) is 6.54 Å².